The molecule has 5 nitrogen and oxygen atoms in total. The third kappa shape index (κ3) is 6.08. The van der Waals surface area contributed by atoms with Gasteiger partial charge in [-0.15, -0.1) is 5.06 Å². The van der Waals surface area contributed by atoms with Gasteiger partial charge in [0.1, 0.15) is 5.60 Å². The average Bonchev–Trinajstić information content (AvgIpc) is 2.86. The summed E-state index contributed by atoms with van der Waals surface area (Å²) in [5.41, 5.74) is 4.85. The van der Waals surface area contributed by atoms with E-state index in [1.807, 2.05) is 20.8 Å². The predicted molar refractivity (Wildman–Crippen MR) is 142 cm³/mol. The van der Waals surface area contributed by atoms with Gasteiger partial charge in [-0.25, -0.2) is 4.79 Å². The minimum Gasteiger partial charge on any atom is -0.427 e. The first-order valence-corrected chi connectivity index (χ1v) is 13.2. The summed E-state index contributed by atoms with van der Waals surface area (Å²) in [5.74, 6) is 0.246. The molecule has 0 N–H and O–H groups in total. The van der Waals surface area contributed by atoms with Crippen molar-refractivity contribution in [3.05, 3.63) is 82.9 Å². The Hall–Kier alpha value is -2.89. The fourth-order valence-electron chi connectivity index (χ4n) is 5.41. The van der Waals surface area contributed by atoms with Crippen LogP contribution < -0.4 is 0 Å². The van der Waals surface area contributed by atoms with Gasteiger partial charge in [-0.3, -0.25) is 0 Å². The van der Waals surface area contributed by atoms with Crippen LogP contribution in [0.5, 0.6) is 0 Å². The maximum Gasteiger partial charge on any atom is 0.528 e. The molecule has 0 aromatic heterocycles. The monoisotopic (exact) mass is 487 g/mol. The highest BCUT2D eigenvalue weighted by Crippen LogP contribution is 2.34. The molecule has 1 saturated heterocycles. The minimum atomic E-state index is -0.664. The Morgan fingerprint density at radius 2 is 1.72 bits per heavy atom. The Balaban J connectivity index is 1.33. The SMILES string of the molecule is CC(C)(C)OC(=O)ON1CCC(c2ccc3c(c2)CCCC3)C(OCc2ccc3ccccc3c2)C1. The number of fused-ring (bicyclic) bond motifs is 2. The number of aryl methyl sites for hydroxylation is 2. The van der Waals surface area contributed by atoms with Crippen molar-refractivity contribution in [1.82, 2.24) is 5.06 Å². The van der Waals surface area contributed by atoms with Crippen LogP contribution in [0.3, 0.4) is 0 Å². The summed E-state index contributed by atoms with van der Waals surface area (Å²) in [7, 11) is 0. The van der Waals surface area contributed by atoms with E-state index in [2.05, 4.69) is 60.7 Å². The molecule has 5 rings (SSSR count). The van der Waals surface area contributed by atoms with Crippen molar-refractivity contribution in [3.8, 4) is 0 Å². The average molecular weight is 488 g/mol. The van der Waals surface area contributed by atoms with Crippen LogP contribution in [-0.4, -0.2) is 36.0 Å². The van der Waals surface area contributed by atoms with Crippen LogP contribution in [0.15, 0.2) is 60.7 Å². The van der Waals surface area contributed by atoms with E-state index in [0.717, 1.165) is 18.4 Å². The van der Waals surface area contributed by atoms with Crippen LogP contribution in [0.25, 0.3) is 10.8 Å². The fraction of sp³-hybridized carbons (Fsp3) is 0.452. The third-order valence-electron chi connectivity index (χ3n) is 7.19. The molecule has 2 aliphatic rings. The normalized spacial score (nSPS) is 20.6. The molecular formula is C31H37NO4. The van der Waals surface area contributed by atoms with Crippen LogP contribution in [0.4, 0.5) is 4.79 Å². The van der Waals surface area contributed by atoms with Crippen molar-refractivity contribution < 1.29 is 19.1 Å². The Labute approximate surface area is 214 Å². The zero-order valence-electron chi connectivity index (χ0n) is 21.7. The number of piperidine rings is 1. The summed E-state index contributed by atoms with van der Waals surface area (Å²) in [6.45, 7) is 7.19. The lowest BCUT2D eigenvalue weighted by atomic mass is 9.83. The lowest BCUT2D eigenvalue weighted by Crippen LogP contribution is -2.45. The molecule has 3 aromatic carbocycles. The van der Waals surface area contributed by atoms with E-state index in [1.54, 1.807) is 5.06 Å². The number of hydroxylamine groups is 2. The summed E-state index contributed by atoms with van der Waals surface area (Å²) in [6, 6.07) is 21.8. The molecule has 0 spiro atoms. The van der Waals surface area contributed by atoms with E-state index in [4.69, 9.17) is 14.3 Å². The molecule has 36 heavy (non-hydrogen) atoms. The predicted octanol–water partition coefficient (Wildman–Crippen LogP) is 6.96. The molecule has 1 heterocycles. The maximum atomic E-state index is 12.3. The molecule has 1 aliphatic heterocycles. The molecule has 0 amide bonds. The van der Waals surface area contributed by atoms with Crippen LogP contribution >= 0.6 is 0 Å². The lowest BCUT2D eigenvalue weighted by molar-refractivity contribution is -0.179. The second kappa shape index (κ2) is 10.6. The first-order chi connectivity index (χ1) is 17.3. The summed E-state index contributed by atoms with van der Waals surface area (Å²) < 4.78 is 11.9. The second-order valence-corrected chi connectivity index (χ2v) is 11.1. The molecular weight excluding hydrogens is 450 g/mol. The molecule has 0 radical (unpaired) electrons. The van der Waals surface area contributed by atoms with Gasteiger partial charge in [0.25, 0.3) is 0 Å². The molecule has 5 heteroatoms. The minimum absolute atomic E-state index is 0.103. The molecule has 190 valence electrons. The number of hydrogen-bond acceptors (Lipinski definition) is 5. The van der Waals surface area contributed by atoms with Gasteiger partial charge in [0.2, 0.25) is 0 Å². The van der Waals surface area contributed by atoms with Gasteiger partial charge >= 0.3 is 6.16 Å². The van der Waals surface area contributed by atoms with E-state index in [9.17, 15) is 4.79 Å². The smallest absolute Gasteiger partial charge is 0.427 e. The zero-order chi connectivity index (χ0) is 25.1. The Morgan fingerprint density at radius 3 is 2.53 bits per heavy atom. The van der Waals surface area contributed by atoms with Crippen molar-refractivity contribution in [3.63, 3.8) is 0 Å². The Kier molecular flexibility index (Phi) is 7.31. The van der Waals surface area contributed by atoms with Gasteiger partial charge in [0.05, 0.1) is 19.3 Å². The van der Waals surface area contributed by atoms with Crippen molar-refractivity contribution in [2.75, 3.05) is 13.1 Å². The van der Waals surface area contributed by atoms with Crippen LogP contribution in [0, 0.1) is 0 Å². The molecule has 2 unspecified atom stereocenters. The Morgan fingerprint density at radius 1 is 0.944 bits per heavy atom. The molecule has 3 aromatic rings. The standard InChI is InChI=1S/C31H37NO4/c1-31(2,3)35-30(33)36-32-17-16-28(27-15-14-24-9-5-7-11-26(24)19-27)29(20-32)34-21-22-12-13-23-8-4-6-10-25(23)18-22/h4,6,8,10,12-15,18-19,28-29H,5,7,9,11,16-17,20-21H2,1-3H3. The molecule has 0 bridgehead atoms. The van der Waals surface area contributed by atoms with E-state index in [1.165, 1.54) is 46.7 Å². The number of rotatable bonds is 5. The lowest BCUT2D eigenvalue weighted by Gasteiger charge is -2.37. The van der Waals surface area contributed by atoms with Crippen LogP contribution in [0.1, 0.15) is 68.2 Å². The van der Waals surface area contributed by atoms with Gasteiger partial charge < -0.3 is 14.3 Å². The highest BCUT2D eigenvalue weighted by Gasteiger charge is 2.34. The maximum absolute atomic E-state index is 12.3. The second-order valence-electron chi connectivity index (χ2n) is 11.1. The number of nitrogens with zero attached hydrogens (tertiary/aromatic N) is 1. The topological polar surface area (TPSA) is 48.0 Å². The molecule has 0 saturated carbocycles. The number of hydrogen-bond donors (Lipinski definition) is 0. The van der Waals surface area contributed by atoms with Crippen molar-refractivity contribution in [1.29, 1.82) is 0 Å². The quantitative estimate of drug-likeness (QED) is 0.364. The summed E-state index contributed by atoms with van der Waals surface area (Å²) in [4.78, 5) is 17.9. The van der Waals surface area contributed by atoms with Crippen LogP contribution in [0.2, 0.25) is 0 Å². The largest absolute Gasteiger partial charge is 0.528 e. The van der Waals surface area contributed by atoms with Crippen molar-refractivity contribution in [2.45, 2.75) is 77.1 Å². The van der Waals surface area contributed by atoms with Gasteiger partial charge in [0, 0.05) is 12.5 Å². The van der Waals surface area contributed by atoms with Gasteiger partial charge in [-0.2, -0.15) is 0 Å². The summed E-state index contributed by atoms with van der Waals surface area (Å²) in [6.07, 6.45) is 4.97. The van der Waals surface area contributed by atoms with Crippen LogP contribution in [-0.2, 0) is 33.8 Å². The number of benzene rings is 3. The summed E-state index contributed by atoms with van der Waals surface area (Å²) >= 11 is 0. The Bertz CT molecular complexity index is 1210. The first kappa shape index (κ1) is 24.8. The van der Waals surface area contributed by atoms with Crippen molar-refractivity contribution >= 4 is 16.9 Å². The zero-order valence-corrected chi connectivity index (χ0v) is 21.7. The van der Waals surface area contributed by atoms with Crippen molar-refractivity contribution in [2.24, 2.45) is 0 Å². The fourth-order valence-corrected chi connectivity index (χ4v) is 5.41. The third-order valence-corrected chi connectivity index (χ3v) is 7.19. The highest BCUT2D eigenvalue weighted by molar-refractivity contribution is 5.82. The van der Waals surface area contributed by atoms with Gasteiger partial charge in [0.15, 0.2) is 0 Å². The summed E-state index contributed by atoms with van der Waals surface area (Å²) in [5, 5.41) is 4.14. The number of carbonyl (C=O) groups is 1. The number of ether oxygens (including phenoxy) is 2. The molecule has 1 fully saturated rings. The highest BCUT2D eigenvalue weighted by atomic mass is 16.8. The molecule has 2 atom stereocenters. The van der Waals surface area contributed by atoms with E-state index in [0.29, 0.717) is 19.7 Å². The van der Waals surface area contributed by atoms with Gasteiger partial charge in [-0.05, 0) is 92.0 Å². The first-order valence-electron chi connectivity index (χ1n) is 13.2. The number of carbonyl (C=O) groups excluding carboxylic acids is 1. The van der Waals surface area contributed by atoms with E-state index < -0.39 is 11.8 Å². The van der Waals surface area contributed by atoms with E-state index >= 15 is 0 Å². The molecule has 1 aliphatic carbocycles. The van der Waals surface area contributed by atoms with E-state index in [-0.39, 0.29) is 12.0 Å². The van der Waals surface area contributed by atoms with Gasteiger partial charge in [-0.1, -0.05) is 54.6 Å².